The summed E-state index contributed by atoms with van der Waals surface area (Å²) >= 11 is 0. The third-order valence-electron chi connectivity index (χ3n) is 2.12. The Morgan fingerprint density at radius 1 is 1.20 bits per heavy atom. The topological polar surface area (TPSA) is 12.0 Å². The maximum absolute atomic E-state index is 11.9. The van der Waals surface area contributed by atoms with E-state index in [2.05, 4.69) is 5.32 Å². The number of para-hydroxylation sites is 1. The molecule has 0 heterocycles. The van der Waals surface area contributed by atoms with Crippen molar-refractivity contribution in [3.8, 4) is 0 Å². The average molecular weight is 217 g/mol. The van der Waals surface area contributed by atoms with Crippen molar-refractivity contribution >= 4 is 5.69 Å². The van der Waals surface area contributed by atoms with Crippen molar-refractivity contribution in [2.75, 3.05) is 11.9 Å². The van der Waals surface area contributed by atoms with Crippen LogP contribution >= 0.6 is 0 Å². The quantitative estimate of drug-likeness (QED) is 0.812. The van der Waals surface area contributed by atoms with Crippen molar-refractivity contribution in [2.45, 2.75) is 25.9 Å². The van der Waals surface area contributed by atoms with Gasteiger partial charge in [0.15, 0.2) is 0 Å². The van der Waals surface area contributed by atoms with Gasteiger partial charge < -0.3 is 5.32 Å². The van der Waals surface area contributed by atoms with Crippen molar-refractivity contribution < 1.29 is 13.2 Å². The van der Waals surface area contributed by atoms with Crippen molar-refractivity contribution in [3.05, 3.63) is 29.8 Å². The van der Waals surface area contributed by atoms with E-state index in [4.69, 9.17) is 0 Å². The van der Waals surface area contributed by atoms with Crippen LogP contribution in [-0.2, 0) is 6.42 Å². The van der Waals surface area contributed by atoms with Gasteiger partial charge in [0, 0.05) is 12.2 Å². The predicted octanol–water partition coefficient (Wildman–Crippen LogP) is 3.61. The normalized spacial score (nSPS) is 11.5. The second-order valence-electron chi connectivity index (χ2n) is 3.30. The van der Waals surface area contributed by atoms with Crippen molar-refractivity contribution in [1.82, 2.24) is 0 Å². The second kappa shape index (κ2) is 5.05. The van der Waals surface area contributed by atoms with Gasteiger partial charge in [0.25, 0.3) is 0 Å². The molecule has 0 aliphatic carbocycles. The first kappa shape index (κ1) is 11.9. The van der Waals surface area contributed by atoms with Crippen LogP contribution in [0.4, 0.5) is 18.9 Å². The van der Waals surface area contributed by atoms with Gasteiger partial charge in [0.1, 0.15) is 0 Å². The van der Waals surface area contributed by atoms with E-state index >= 15 is 0 Å². The van der Waals surface area contributed by atoms with Gasteiger partial charge in [-0.05, 0) is 18.1 Å². The lowest BCUT2D eigenvalue weighted by molar-refractivity contribution is -0.131. The zero-order chi connectivity index (χ0) is 11.3. The molecule has 15 heavy (non-hydrogen) atoms. The molecular formula is C11H14F3N. The zero-order valence-electron chi connectivity index (χ0n) is 8.56. The Kier molecular flexibility index (Phi) is 4.00. The predicted molar refractivity (Wildman–Crippen MR) is 55.0 cm³/mol. The molecule has 0 radical (unpaired) electrons. The third kappa shape index (κ3) is 4.23. The van der Waals surface area contributed by atoms with Crippen LogP contribution in [0, 0.1) is 0 Å². The highest BCUT2D eigenvalue weighted by Crippen LogP contribution is 2.20. The molecule has 84 valence electrons. The van der Waals surface area contributed by atoms with Crippen molar-refractivity contribution in [1.29, 1.82) is 0 Å². The molecule has 0 aromatic heterocycles. The van der Waals surface area contributed by atoms with E-state index in [1.165, 1.54) is 0 Å². The van der Waals surface area contributed by atoms with Crippen molar-refractivity contribution in [3.63, 3.8) is 0 Å². The Morgan fingerprint density at radius 3 is 2.47 bits per heavy atom. The number of benzene rings is 1. The molecule has 1 nitrogen and oxygen atoms in total. The maximum Gasteiger partial charge on any atom is 0.390 e. The fraction of sp³-hybridized carbons (Fsp3) is 0.455. The summed E-state index contributed by atoms with van der Waals surface area (Å²) in [7, 11) is 0. The second-order valence-corrected chi connectivity index (χ2v) is 3.30. The number of hydrogen-bond acceptors (Lipinski definition) is 1. The third-order valence-corrected chi connectivity index (χ3v) is 2.12. The van der Waals surface area contributed by atoms with Crippen LogP contribution in [-0.4, -0.2) is 12.7 Å². The SMILES string of the molecule is CCc1ccccc1NCCC(F)(F)F. The van der Waals surface area contributed by atoms with Crippen LogP contribution < -0.4 is 5.32 Å². The first-order chi connectivity index (χ1) is 7.03. The zero-order valence-corrected chi connectivity index (χ0v) is 8.56. The van der Waals surface area contributed by atoms with Gasteiger partial charge in [-0.15, -0.1) is 0 Å². The Morgan fingerprint density at radius 2 is 1.87 bits per heavy atom. The van der Waals surface area contributed by atoms with Crippen LogP contribution in [0.5, 0.6) is 0 Å². The molecule has 0 bridgehead atoms. The largest absolute Gasteiger partial charge is 0.390 e. The molecule has 0 spiro atoms. The number of aryl methyl sites for hydroxylation is 1. The van der Waals surface area contributed by atoms with Gasteiger partial charge in [-0.2, -0.15) is 13.2 Å². The van der Waals surface area contributed by atoms with Gasteiger partial charge >= 0.3 is 6.18 Å². The molecule has 0 fully saturated rings. The summed E-state index contributed by atoms with van der Waals surface area (Å²) in [6.45, 7) is 1.91. The maximum atomic E-state index is 11.9. The minimum atomic E-state index is -4.09. The summed E-state index contributed by atoms with van der Waals surface area (Å²) in [5, 5.41) is 2.80. The van der Waals surface area contributed by atoms with Gasteiger partial charge in [-0.3, -0.25) is 0 Å². The minimum Gasteiger partial charge on any atom is -0.384 e. The Balaban J connectivity index is 2.50. The van der Waals surface area contributed by atoms with E-state index in [9.17, 15) is 13.2 Å². The van der Waals surface area contributed by atoms with E-state index in [-0.39, 0.29) is 6.54 Å². The van der Waals surface area contributed by atoms with Crippen LogP contribution in [0.2, 0.25) is 0 Å². The monoisotopic (exact) mass is 217 g/mol. The van der Waals surface area contributed by atoms with E-state index < -0.39 is 12.6 Å². The molecule has 0 saturated carbocycles. The molecule has 0 amide bonds. The summed E-state index contributed by atoms with van der Waals surface area (Å²) in [4.78, 5) is 0. The summed E-state index contributed by atoms with van der Waals surface area (Å²) in [6, 6.07) is 7.41. The Labute approximate surface area is 87.3 Å². The Bertz CT molecular complexity index is 307. The molecule has 0 atom stereocenters. The smallest absolute Gasteiger partial charge is 0.384 e. The summed E-state index contributed by atoms with van der Waals surface area (Å²) in [5.74, 6) is 0. The van der Waals surface area contributed by atoms with E-state index in [0.29, 0.717) is 0 Å². The fourth-order valence-corrected chi connectivity index (χ4v) is 1.34. The number of halogens is 3. The molecule has 0 saturated heterocycles. The molecule has 0 unspecified atom stereocenters. The van der Waals surface area contributed by atoms with E-state index in [0.717, 1.165) is 17.7 Å². The highest BCUT2D eigenvalue weighted by Gasteiger charge is 2.26. The number of hydrogen-bond donors (Lipinski definition) is 1. The lowest BCUT2D eigenvalue weighted by Crippen LogP contribution is -2.15. The molecule has 1 N–H and O–H groups in total. The van der Waals surface area contributed by atoms with Crippen molar-refractivity contribution in [2.24, 2.45) is 0 Å². The summed E-state index contributed by atoms with van der Waals surface area (Å²) in [6.07, 6.45) is -4.08. The number of nitrogens with one attached hydrogen (secondary N) is 1. The molecule has 0 aliphatic heterocycles. The van der Waals surface area contributed by atoms with Crippen LogP contribution in [0.15, 0.2) is 24.3 Å². The number of alkyl halides is 3. The minimum absolute atomic E-state index is 0.0689. The average Bonchev–Trinajstić information content (AvgIpc) is 2.16. The van der Waals surface area contributed by atoms with Gasteiger partial charge in [-0.1, -0.05) is 25.1 Å². The first-order valence-electron chi connectivity index (χ1n) is 4.91. The Hall–Kier alpha value is -1.19. The molecule has 1 aromatic carbocycles. The molecule has 1 aromatic rings. The standard InChI is InChI=1S/C11H14F3N/c1-2-9-5-3-4-6-10(9)15-8-7-11(12,13)14/h3-6,15H,2,7-8H2,1H3. The molecule has 1 rings (SSSR count). The van der Waals surface area contributed by atoms with Gasteiger partial charge in [0.2, 0.25) is 0 Å². The van der Waals surface area contributed by atoms with E-state index in [1.807, 2.05) is 25.1 Å². The molecule has 0 aliphatic rings. The highest BCUT2D eigenvalue weighted by atomic mass is 19.4. The number of rotatable bonds is 4. The van der Waals surface area contributed by atoms with Crippen LogP contribution in [0.1, 0.15) is 18.9 Å². The van der Waals surface area contributed by atoms with Crippen LogP contribution in [0.3, 0.4) is 0 Å². The summed E-state index contributed by atoms with van der Waals surface area (Å²) < 4.78 is 35.7. The lowest BCUT2D eigenvalue weighted by Gasteiger charge is -2.11. The number of anilines is 1. The fourth-order valence-electron chi connectivity index (χ4n) is 1.34. The molecular weight excluding hydrogens is 203 g/mol. The summed E-state index contributed by atoms with van der Waals surface area (Å²) in [5.41, 5.74) is 1.84. The van der Waals surface area contributed by atoms with Crippen LogP contribution in [0.25, 0.3) is 0 Å². The van der Waals surface area contributed by atoms with E-state index in [1.54, 1.807) is 6.07 Å². The van der Waals surface area contributed by atoms with Gasteiger partial charge in [0.05, 0.1) is 6.42 Å². The molecule has 4 heteroatoms. The highest BCUT2D eigenvalue weighted by molar-refractivity contribution is 5.50. The lowest BCUT2D eigenvalue weighted by atomic mass is 10.1. The van der Waals surface area contributed by atoms with Gasteiger partial charge in [-0.25, -0.2) is 0 Å². The first-order valence-corrected chi connectivity index (χ1v) is 4.91.